The van der Waals surface area contributed by atoms with Crippen LogP contribution < -0.4 is 0 Å². The van der Waals surface area contributed by atoms with Crippen LogP contribution >= 0.6 is 0 Å². The minimum atomic E-state index is -0.889. The molecule has 0 bridgehead atoms. The van der Waals surface area contributed by atoms with Crippen molar-refractivity contribution in [3.8, 4) is 11.3 Å². The van der Waals surface area contributed by atoms with E-state index in [9.17, 15) is 4.79 Å². The molecule has 2 N–H and O–H groups in total. The molecule has 0 amide bonds. The lowest BCUT2D eigenvalue weighted by atomic mass is 10.1. The summed E-state index contributed by atoms with van der Waals surface area (Å²) in [4.78, 5) is 22.2. The summed E-state index contributed by atoms with van der Waals surface area (Å²) in [5.74, 6) is -1.05. The maximum atomic E-state index is 10.9. The Balaban J connectivity index is 2.41. The predicted octanol–water partition coefficient (Wildman–Crippen LogP) is 1.97. The smallest absolute Gasteiger partial charge is 0.313 e. The number of imidazole rings is 1. The Kier molecular flexibility index (Phi) is 2.91. The number of pyridine rings is 1. The lowest BCUT2D eigenvalue weighted by Crippen LogP contribution is -2.08. The third-order valence-corrected chi connectivity index (χ3v) is 2.64. The largest absolute Gasteiger partial charge is 0.481 e. The summed E-state index contributed by atoms with van der Waals surface area (Å²) < 4.78 is 0. The maximum absolute atomic E-state index is 10.9. The molecule has 5 nitrogen and oxygen atoms in total. The predicted molar refractivity (Wildman–Crippen MR) is 62.6 cm³/mol. The van der Waals surface area contributed by atoms with Crippen LogP contribution in [0.25, 0.3) is 11.3 Å². The highest BCUT2D eigenvalue weighted by Gasteiger charge is 2.19. The number of aromatic amines is 1. The van der Waals surface area contributed by atoms with Crippen molar-refractivity contribution < 1.29 is 9.90 Å². The number of H-pyrrole nitrogens is 1. The fourth-order valence-electron chi connectivity index (χ4n) is 1.60. The van der Waals surface area contributed by atoms with Gasteiger partial charge in [-0.05, 0) is 26.0 Å². The number of nitrogens with one attached hydrogen (secondary N) is 1. The molecule has 2 heterocycles. The topological polar surface area (TPSA) is 78.9 Å². The van der Waals surface area contributed by atoms with Crippen molar-refractivity contribution in [3.63, 3.8) is 0 Å². The first kappa shape index (κ1) is 11.3. The number of carbonyl (C=O) groups is 1. The second kappa shape index (κ2) is 4.37. The Bertz CT molecular complexity index is 534. The van der Waals surface area contributed by atoms with Crippen LogP contribution in [0.3, 0.4) is 0 Å². The van der Waals surface area contributed by atoms with Crippen LogP contribution in [0.5, 0.6) is 0 Å². The highest BCUT2D eigenvalue weighted by Crippen LogP contribution is 2.23. The van der Waals surface area contributed by atoms with E-state index in [1.165, 1.54) is 0 Å². The Hall–Kier alpha value is -2.17. The number of nitrogens with zero attached hydrogens (tertiary/aromatic N) is 2. The standard InChI is InChI=1S/C12H13N3O2/c1-7(12(16)17)11-14-8(2)10(15-11)9-3-5-13-6-4-9/h3-7H,1-2H3,(H,14,15)(H,16,17). The van der Waals surface area contributed by atoms with Crippen LogP contribution in [-0.2, 0) is 4.79 Å². The molecule has 0 radical (unpaired) electrons. The van der Waals surface area contributed by atoms with Gasteiger partial charge in [-0.3, -0.25) is 9.78 Å². The zero-order chi connectivity index (χ0) is 12.4. The molecule has 0 saturated heterocycles. The molecular weight excluding hydrogens is 218 g/mol. The molecule has 0 spiro atoms. The molecule has 0 saturated carbocycles. The molecule has 88 valence electrons. The van der Waals surface area contributed by atoms with E-state index in [0.29, 0.717) is 5.82 Å². The first-order valence-corrected chi connectivity index (χ1v) is 5.29. The van der Waals surface area contributed by atoms with Crippen molar-refractivity contribution in [1.29, 1.82) is 0 Å². The van der Waals surface area contributed by atoms with E-state index < -0.39 is 11.9 Å². The van der Waals surface area contributed by atoms with E-state index >= 15 is 0 Å². The van der Waals surface area contributed by atoms with Crippen molar-refractivity contribution in [2.75, 3.05) is 0 Å². The molecule has 2 rings (SSSR count). The van der Waals surface area contributed by atoms with E-state index in [1.807, 2.05) is 19.1 Å². The molecule has 0 aliphatic heterocycles. The van der Waals surface area contributed by atoms with Gasteiger partial charge >= 0.3 is 5.97 Å². The second-order valence-electron chi connectivity index (χ2n) is 3.89. The quantitative estimate of drug-likeness (QED) is 0.846. The summed E-state index contributed by atoms with van der Waals surface area (Å²) in [6, 6.07) is 3.69. The summed E-state index contributed by atoms with van der Waals surface area (Å²) in [5.41, 5.74) is 2.56. The summed E-state index contributed by atoms with van der Waals surface area (Å²) in [7, 11) is 0. The molecule has 1 atom stereocenters. The van der Waals surface area contributed by atoms with Gasteiger partial charge in [0.25, 0.3) is 0 Å². The Morgan fingerprint density at radius 2 is 2.06 bits per heavy atom. The number of hydrogen-bond acceptors (Lipinski definition) is 3. The third-order valence-electron chi connectivity index (χ3n) is 2.64. The Labute approximate surface area is 98.6 Å². The van der Waals surface area contributed by atoms with Gasteiger partial charge in [0.1, 0.15) is 11.7 Å². The molecule has 0 fully saturated rings. The summed E-state index contributed by atoms with van der Waals surface area (Å²) in [5, 5.41) is 8.94. The number of carboxylic acid groups (broad SMARTS) is 1. The van der Waals surface area contributed by atoms with Crippen molar-refractivity contribution in [3.05, 3.63) is 36.0 Å². The van der Waals surface area contributed by atoms with Crippen LogP contribution in [0.2, 0.25) is 0 Å². The number of aromatic nitrogens is 3. The average Bonchev–Trinajstić information content (AvgIpc) is 2.71. The van der Waals surface area contributed by atoms with Gasteiger partial charge in [-0.1, -0.05) is 0 Å². The minimum absolute atomic E-state index is 0.474. The molecule has 0 aromatic carbocycles. The zero-order valence-corrected chi connectivity index (χ0v) is 9.64. The number of rotatable bonds is 3. The van der Waals surface area contributed by atoms with Gasteiger partial charge in [0, 0.05) is 23.7 Å². The molecule has 0 aliphatic rings. The molecule has 17 heavy (non-hydrogen) atoms. The summed E-state index contributed by atoms with van der Waals surface area (Å²) in [6.07, 6.45) is 3.37. The van der Waals surface area contributed by atoms with Crippen molar-refractivity contribution in [2.45, 2.75) is 19.8 Å². The fourth-order valence-corrected chi connectivity index (χ4v) is 1.60. The number of aryl methyl sites for hydroxylation is 1. The number of carboxylic acids is 1. The minimum Gasteiger partial charge on any atom is -0.481 e. The van der Waals surface area contributed by atoms with E-state index in [4.69, 9.17) is 5.11 Å². The van der Waals surface area contributed by atoms with Crippen molar-refractivity contribution >= 4 is 5.97 Å². The Morgan fingerprint density at radius 1 is 1.41 bits per heavy atom. The van der Waals surface area contributed by atoms with Crippen LogP contribution in [0.15, 0.2) is 24.5 Å². The first-order valence-electron chi connectivity index (χ1n) is 5.29. The molecule has 0 aliphatic carbocycles. The zero-order valence-electron chi connectivity index (χ0n) is 9.64. The number of hydrogen-bond donors (Lipinski definition) is 2. The fraction of sp³-hybridized carbons (Fsp3) is 0.250. The van der Waals surface area contributed by atoms with Gasteiger partial charge < -0.3 is 10.1 Å². The lowest BCUT2D eigenvalue weighted by Gasteiger charge is -2.00. The molecule has 2 aromatic heterocycles. The second-order valence-corrected chi connectivity index (χ2v) is 3.89. The lowest BCUT2D eigenvalue weighted by molar-refractivity contribution is -0.138. The molecular formula is C12H13N3O2. The highest BCUT2D eigenvalue weighted by molar-refractivity contribution is 5.75. The summed E-state index contributed by atoms with van der Waals surface area (Å²) >= 11 is 0. The maximum Gasteiger partial charge on any atom is 0.313 e. The van der Waals surface area contributed by atoms with E-state index in [0.717, 1.165) is 17.0 Å². The first-order chi connectivity index (χ1) is 8.09. The van der Waals surface area contributed by atoms with Gasteiger partial charge in [0.2, 0.25) is 0 Å². The van der Waals surface area contributed by atoms with Crippen molar-refractivity contribution in [1.82, 2.24) is 15.0 Å². The molecule has 1 unspecified atom stereocenters. The van der Waals surface area contributed by atoms with Gasteiger partial charge in [-0.2, -0.15) is 0 Å². The van der Waals surface area contributed by atoms with Crippen molar-refractivity contribution in [2.24, 2.45) is 0 Å². The normalized spacial score (nSPS) is 12.4. The van der Waals surface area contributed by atoms with Gasteiger partial charge in [-0.15, -0.1) is 0 Å². The average molecular weight is 231 g/mol. The van der Waals surface area contributed by atoms with Gasteiger partial charge in [0.15, 0.2) is 0 Å². The van der Waals surface area contributed by atoms with Gasteiger partial charge in [-0.25, -0.2) is 4.98 Å². The van der Waals surface area contributed by atoms with E-state index in [1.54, 1.807) is 19.3 Å². The van der Waals surface area contributed by atoms with E-state index in [-0.39, 0.29) is 0 Å². The number of aliphatic carboxylic acids is 1. The highest BCUT2D eigenvalue weighted by atomic mass is 16.4. The molecule has 5 heteroatoms. The molecule has 2 aromatic rings. The third kappa shape index (κ3) is 2.18. The van der Waals surface area contributed by atoms with Crippen LogP contribution in [0.4, 0.5) is 0 Å². The van der Waals surface area contributed by atoms with E-state index in [2.05, 4.69) is 15.0 Å². The van der Waals surface area contributed by atoms with Crippen LogP contribution in [0, 0.1) is 6.92 Å². The Morgan fingerprint density at radius 3 is 2.65 bits per heavy atom. The summed E-state index contributed by atoms with van der Waals surface area (Å²) in [6.45, 7) is 3.48. The SMILES string of the molecule is Cc1[nH]c(C(C)C(=O)O)nc1-c1ccncc1. The van der Waals surface area contributed by atoms with Crippen LogP contribution in [-0.4, -0.2) is 26.0 Å². The van der Waals surface area contributed by atoms with Crippen LogP contribution in [0.1, 0.15) is 24.4 Å². The monoisotopic (exact) mass is 231 g/mol. The van der Waals surface area contributed by atoms with Gasteiger partial charge in [0.05, 0.1) is 5.69 Å².